The number of carbonyl (C=O) groups excluding carboxylic acids is 1. The number of ether oxygens (including phenoxy) is 2. The van der Waals surface area contributed by atoms with Gasteiger partial charge in [-0.2, -0.15) is 4.31 Å². The molecule has 3 saturated heterocycles. The zero-order valence-electron chi connectivity index (χ0n) is 19.6. The minimum Gasteiger partial charge on any atom is -0.378 e. The molecule has 0 aliphatic carbocycles. The fourth-order valence-corrected chi connectivity index (χ4v) is 7.51. The number of carbonyl (C=O) groups is 1. The maximum absolute atomic E-state index is 13.5. The van der Waals surface area contributed by atoms with Crippen LogP contribution < -0.4 is 0 Å². The molecule has 34 heavy (non-hydrogen) atoms. The molecule has 8 heteroatoms. The van der Waals surface area contributed by atoms with Crippen molar-refractivity contribution >= 4 is 15.9 Å². The molecule has 1 spiro atoms. The van der Waals surface area contributed by atoms with Gasteiger partial charge in [0.1, 0.15) is 10.9 Å². The first kappa shape index (κ1) is 23.5. The Morgan fingerprint density at radius 2 is 1.82 bits per heavy atom. The Hall–Kier alpha value is -2.26. The average Bonchev–Trinajstić information content (AvgIpc) is 3.29. The first-order valence-electron chi connectivity index (χ1n) is 12.0. The summed E-state index contributed by atoms with van der Waals surface area (Å²) in [5.74, 6) is -0.0239. The molecule has 182 valence electrons. The van der Waals surface area contributed by atoms with Crippen LogP contribution >= 0.6 is 0 Å². The van der Waals surface area contributed by atoms with Crippen LogP contribution in [0.4, 0.5) is 0 Å². The number of nitrogens with zero attached hydrogens (tertiary/aromatic N) is 2. The molecule has 2 aromatic carbocycles. The molecule has 2 aromatic rings. The highest BCUT2D eigenvalue weighted by molar-refractivity contribution is 7.89. The predicted octanol–water partition coefficient (Wildman–Crippen LogP) is 3.37. The number of sulfonamides is 1. The minimum atomic E-state index is -3.49. The second-order valence-electron chi connectivity index (χ2n) is 9.67. The molecule has 5 rings (SSSR count). The van der Waals surface area contributed by atoms with E-state index in [0.29, 0.717) is 51.4 Å². The van der Waals surface area contributed by atoms with Gasteiger partial charge in [-0.15, -0.1) is 0 Å². The van der Waals surface area contributed by atoms with Gasteiger partial charge in [0.15, 0.2) is 0 Å². The molecule has 3 fully saturated rings. The Morgan fingerprint density at radius 1 is 1.06 bits per heavy atom. The van der Waals surface area contributed by atoms with Gasteiger partial charge >= 0.3 is 0 Å². The summed E-state index contributed by atoms with van der Waals surface area (Å²) in [4.78, 5) is 15.0. The third-order valence-corrected chi connectivity index (χ3v) is 9.71. The van der Waals surface area contributed by atoms with E-state index in [1.54, 1.807) is 16.4 Å². The third-order valence-electron chi connectivity index (χ3n) is 7.34. The van der Waals surface area contributed by atoms with Crippen LogP contribution in [-0.2, 0) is 26.0 Å². The molecule has 3 aliphatic heterocycles. The van der Waals surface area contributed by atoms with Crippen LogP contribution in [0.15, 0.2) is 54.6 Å². The van der Waals surface area contributed by atoms with E-state index in [2.05, 4.69) is 0 Å². The van der Waals surface area contributed by atoms with Gasteiger partial charge in [0.2, 0.25) is 10.0 Å². The summed E-state index contributed by atoms with van der Waals surface area (Å²) in [7, 11) is -3.49. The highest BCUT2D eigenvalue weighted by Crippen LogP contribution is 2.38. The highest BCUT2D eigenvalue weighted by atomic mass is 32.2. The summed E-state index contributed by atoms with van der Waals surface area (Å²) in [6.45, 7) is 5.09. The van der Waals surface area contributed by atoms with Gasteiger partial charge in [-0.25, -0.2) is 8.42 Å². The second kappa shape index (κ2) is 9.41. The number of hydrogen-bond donors (Lipinski definition) is 0. The first-order valence-corrected chi connectivity index (χ1v) is 13.5. The molecule has 0 bridgehead atoms. The van der Waals surface area contributed by atoms with Gasteiger partial charge < -0.3 is 14.4 Å². The normalized spacial score (nSPS) is 29.4. The average molecular weight is 485 g/mol. The van der Waals surface area contributed by atoms with Crippen molar-refractivity contribution in [1.29, 1.82) is 0 Å². The van der Waals surface area contributed by atoms with Gasteiger partial charge in [-0.05, 0) is 43.0 Å². The first-order chi connectivity index (χ1) is 16.4. The van der Waals surface area contributed by atoms with Crippen molar-refractivity contribution in [3.8, 4) is 0 Å². The number of hydrogen-bond acceptors (Lipinski definition) is 5. The Morgan fingerprint density at radius 3 is 2.53 bits per heavy atom. The molecule has 1 amide bonds. The Kier molecular flexibility index (Phi) is 6.50. The number of rotatable bonds is 4. The Bertz CT molecular complexity index is 1110. The summed E-state index contributed by atoms with van der Waals surface area (Å²) in [6, 6.07) is 16.8. The lowest BCUT2D eigenvalue weighted by Crippen LogP contribution is -2.54. The van der Waals surface area contributed by atoms with Crippen molar-refractivity contribution < 1.29 is 22.7 Å². The largest absolute Gasteiger partial charge is 0.378 e. The smallest absolute Gasteiger partial charge is 0.254 e. The monoisotopic (exact) mass is 484 g/mol. The molecule has 3 atom stereocenters. The zero-order valence-corrected chi connectivity index (χ0v) is 20.4. The number of morpholine rings is 1. The maximum atomic E-state index is 13.5. The number of amides is 1. The summed E-state index contributed by atoms with van der Waals surface area (Å²) in [5, 5.41) is -0.515. The molecule has 3 heterocycles. The molecule has 0 saturated carbocycles. The number of benzene rings is 2. The topological polar surface area (TPSA) is 76.2 Å². The van der Waals surface area contributed by atoms with E-state index in [-0.39, 0.29) is 17.6 Å². The van der Waals surface area contributed by atoms with Crippen LogP contribution in [0.3, 0.4) is 0 Å². The van der Waals surface area contributed by atoms with E-state index in [0.717, 1.165) is 24.0 Å². The molecule has 3 unspecified atom stereocenters. The zero-order chi connectivity index (χ0) is 23.8. The van der Waals surface area contributed by atoms with Crippen LogP contribution in [0, 0.1) is 0 Å². The van der Waals surface area contributed by atoms with Crippen LogP contribution in [0.25, 0.3) is 0 Å². The SMILES string of the molecule is CC1CCC(c2ccccc2)S(=O)(=O)N1Cc1ccc(C(=O)N2CCOC3(CCOC3)C2)cc1. The second-order valence-corrected chi connectivity index (χ2v) is 11.7. The maximum Gasteiger partial charge on any atom is 0.254 e. The lowest BCUT2D eigenvalue weighted by atomic mass is 10.00. The van der Waals surface area contributed by atoms with Crippen LogP contribution in [-0.4, -0.2) is 68.1 Å². The molecule has 7 nitrogen and oxygen atoms in total. The van der Waals surface area contributed by atoms with Crippen LogP contribution in [0.5, 0.6) is 0 Å². The van der Waals surface area contributed by atoms with Gasteiger partial charge in [0.05, 0.1) is 19.8 Å². The van der Waals surface area contributed by atoms with E-state index in [4.69, 9.17) is 9.47 Å². The predicted molar refractivity (Wildman–Crippen MR) is 129 cm³/mol. The third kappa shape index (κ3) is 4.52. The molecule has 3 aliphatic rings. The van der Waals surface area contributed by atoms with Crippen LogP contribution in [0.1, 0.15) is 52.9 Å². The van der Waals surface area contributed by atoms with Gasteiger partial charge in [-0.1, -0.05) is 42.5 Å². The summed E-state index contributed by atoms with van der Waals surface area (Å²) in [6.07, 6.45) is 2.25. The fraction of sp³-hybridized carbons (Fsp3) is 0.500. The van der Waals surface area contributed by atoms with Crippen molar-refractivity contribution in [3.05, 3.63) is 71.3 Å². The van der Waals surface area contributed by atoms with Crippen molar-refractivity contribution in [2.45, 2.75) is 49.6 Å². The fourth-order valence-electron chi connectivity index (χ4n) is 5.31. The Labute approximate surface area is 201 Å². The van der Waals surface area contributed by atoms with Crippen molar-refractivity contribution in [3.63, 3.8) is 0 Å². The van der Waals surface area contributed by atoms with Crippen LogP contribution in [0.2, 0.25) is 0 Å². The molecular formula is C26H32N2O5S. The molecule has 0 radical (unpaired) electrons. The molecular weight excluding hydrogens is 452 g/mol. The van der Waals surface area contributed by atoms with Gasteiger partial charge in [0, 0.05) is 37.7 Å². The standard InChI is InChI=1S/C26H32N2O5S/c1-20-7-12-24(22-5-3-2-4-6-22)34(30,31)28(20)17-21-8-10-23(11-9-21)25(29)27-14-16-33-26(18-27)13-15-32-19-26/h2-6,8-11,20,24H,7,12-19H2,1H3. The van der Waals surface area contributed by atoms with E-state index < -0.39 is 15.3 Å². The van der Waals surface area contributed by atoms with Crippen molar-refractivity contribution in [1.82, 2.24) is 9.21 Å². The minimum absolute atomic E-state index is 0.0239. The highest BCUT2D eigenvalue weighted by Gasteiger charge is 2.42. The van der Waals surface area contributed by atoms with Gasteiger partial charge in [0.25, 0.3) is 5.91 Å². The summed E-state index contributed by atoms with van der Waals surface area (Å²) >= 11 is 0. The van der Waals surface area contributed by atoms with E-state index in [1.807, 2.05) is 54.3 Å². The van der Waals surface area contributed by atoms with Gasteiger partial charge in [-0.3, -0.25) is 4.79 Å². The van der Waals surface area contributed by atoms with Crippen molar-refractivity contribution in [2.75, 3.05) is 32.9 Å². The van der Waals surface area contributed by atoms with E-state index in [1.165, 1.54) is 0 Å². The lowest BCUT2D eigenvalue weighted by Gasteiger charge is -2.39. The molecule has 0 N–H and O–H groups in total. The Balaban J connectivity index is 1.29. The summed E-state index contributed by atoms with van der Waals surface area (Å²) < 4.78 is 40.0. The quantitative estimate of drug-likeness (QED) is 0.665. The lowest BCUT2D eigenvalue weighted by molar-refractivity contribution is -0.0995. The summed E-state index contributed by atoms with van der Waals surface area (Å²) in [5.41, 5.74) is 1.96. The van der Waals surface area contributed by atoms with E-state index >= 15 is 0 Å². The molecule has 0 aromatic heterocycles. The van der Waals surface area contributed by atoms with E-state index in [9.17, 15) is 13.2 Å². The van der Waals surface area contributed by atoms with Crippen molar-refractivity contribution in [2.24, 2.45) is 0 Å².